The summed E-state index contributed by atoms with van der Waals surface area (Å²) in [6.45, 7) is 2.30. The molecule has 0 saturated heterocycles. The van der Waals surface area contributed by atoms with E-state index in [4.69, 9.17) is 5.73 Å². The third-order valence-electron chi connectivity index (χ3n) is 6.91. The number of aromatic hydroxyl groups is 1. The lowest BCUT2D eigenvalue weighted by molar-refractivity contribution is 0.477. The highest BCUT2D eigenvalue weighted by Gasteiger charge is 2.00. The smallest absolute Gasteiger partial charge is 0.138 e. The first-order valence-corrected chi connectivity index (χ1v) is 14.3. The van der Waals surface area contributed by atoms with Gasteiger partial charge in [-0.2, -0.15) is 0 Å². The van der Waals surface area contributed by atoms with Crippen molar-refractivity contribution in [1.82, 2.24) is 0 Å². The van der Waals surface area contributed by atoms with Gasteiger partial charge in [0.2, 0.25) is 0 Å². The topological polar surface area (TPSA) is 46.2 Å². The van der Waals surface area contributed by atoms with Crippen LogP contribution in [0.3, 0.4) is 0 Å². The Morgan fingerprint density at radius 3 is 1.22 bits per heavy atom. The summed E-state index contributed by atoms with van der Waals surface area (Å²) in [6.07, 6.45) is 32.4. The lowest BCUT2D eigenvalue weighted by Gasteiger charge is -2.05. The maximum Gasteiger partial charge on any atom is 0.138 e. The molecule has 0 spiro atoms. The van der Waals surface area contributed by atoms with E-state index in [1.807, 2.05) is 12.1 Å². The molecule has 1 rings (SSSR count). The predicted molar refractivity (Wildman–Crippen MR) is 143 cm³/mol. The van der Waals surface area contributed by atoms with E-state index in [-0.39, 0.29) is 5.75 Å². The number of aryl methyl sites for hydroxylation is 1. The first-order chi connectivity index (χ1) is 15.7. The number of hydrogen-bond donors (Lipinski definition) is 2. The van der Waals surface area contributed by atoms with Crippen LogP contribution in [0, 0.1) is 0 Å². The molecule has 0 unspecified atom stereocenters. The molecule has 2 heteroatoms. The van der Waals surface area contributed by atoms with Crippen molar-refractivity contribution >= 4 is 5.69 Å². The maximum atomic E-state index is 9.47. The summed E-state index contributed by atoms with van der Waals surface area (Å²) in [4.78, 5) is 0. The van der Waals surface area contributed by atoms with Crippen LogP contribution in [-0.4, -0.2) is 5.11 Å². The van der Waals surface area contributed by atoms with Crippen LogP contribution in [0.5, 0.6) is 5.75 Å². The Bertz CT molecular complexity index is 528. The quantitative estimate of drug-likeness (QED) is 0.0999. The van der Waals surface area contributed by atoms with Crippen LogP contribution >= 0.6 is 0 Å². The Balaban J connectivity index is 1.71. The number of hydrogen-bond acceptors (Lipinski definition) is 2. The summed E-state index contributed by atoms with van der Waals surface area (Å²) in [5.74, 6) is 0.197. The van der Waals surface area contributed by atoms with Gasteiger partial charge in [-0.3, -0.25) is 0 Å². The standard InChI is InChI=1S/C30H55NO/c1-2-3-4-5-6-7-8-9-10-11-12-13-14-15-16-17-18-19-20-21-22-23-24-28-25-26-30(32)29(31)27-28/h25-27,32H,2-24,31H2,1H3. The van der Waals surface area contributed by atoms with Crippen molar-refractivity contribution in [2.24, 2.45) is 0 Å². The van der Waals surface area contributed by atoms with Crippen molar-refractivity contribution in [3.63, 3.8) is 0 Å². The molecule has 0 aliphatic carbocycles. The van der Waals surface area contributed by atoms with Crippen LogP contribution in [0.25, 0.3) is 0 Å². The van der Waals surface area contributed by atoms with Crippen LogP contribution < -0.4 is 5.73 Å². The number of nitrogens with two attached hydrogens (primary N) is 1. The zero-order chi connectivity index (χ0) is 23.1. The predicted octanol–water partition coefficient (Wildman–Crippen LogP) is 10.1. The van der Waals surface area contributed by atoms with Crippen LogP contribution in [-0.2, 0) is 6.42 Å². The van der Waals surface area contributed by atoms with E-state index in [0.717, 1.165) is 6.42 Å². The summed E-state index contributed by atoms with van der Waals surface area (Å²) < 4.78 is 0. The first kappa shape index (κ1) is 28.9. The molecule has 186 valence electrons. The molecule has 32 heavy (non-hydrogen) atoms. The normalized spacial score (nSPS) is 11.3. The Morgan fingerprint density at radius 1 is 0.531 bits per heavy atom. The molecule has 0 radical (unpaired) electrons. The van der Waals surface area contributed by atoms with Crippen molar-refractivity contribution < 1.29 is 5.11 Å². The summed E-state index contributed by atoms with van der Waals surface area (Å²) in [7, 11) is 0. The first-order valence-electron chi connectivity index (χ1n) is 14.3. The van der Waals surface area contributed by atoms with Gasteiger partial charge in [0.1, 0.15) is 5.75 Å². The molecular formula is C30H55NO. The van der Waals surface area contributed by atoms with Crippen LogP contribution in [0.1, 0.15) is 154 Å². The number of phenols is 1. The fourth-order valence-electron chi connectivity index (χ4n) is 4.70. The number of anilines is 1. The van der Waals surface area contributed by atoms with Gasteiger partial charge in [-0.25, -0.2) is 0 Å². The Morgan fingerprint density at radius 2 is 0.875 bits per heavy atom. The van der Waals surface area contributed by atoms with Gasteiger partial charge in [0.05, 0.1) is 5.69 Å². The van der Waals surface area contributed by atoms with Gasteiger partial charge in [-0.15, -0.1) is 0 Å². The second kappa shape index (κ2) is 21.7. The summed E-state index contributed by atoms with van der Waals surface area (Å²) in [5.41, 5.74) is 7.50. The number of benzene rings is 1. The summed E-state index contributed by atoms with van der Waals surface area (Å²) >= 11 is 0. The lowest BCUT2D eigenvalue weighted by atomic mass is 10.0. The number of phenolic OH excluding ortho intramolecular Hbond substituents is 1. The highest BCUT2D eigenvalue weighted by atomic mass is 16.3. The van der Waals surface area contributed by atoms with E-state index in [1.165, 1.54) is 147 Å². The van der Waals surface area contributed by atoms with E-state index in [0.29, 0.717) is 5.69 Å². The molecule has 3 N–H and O–H groups in total. The molecule has 0 aliphatic rings. The second-order valence-corrected chi connectivity index (χ2v) is 10.1. The molecule has 0 saturated carbocycles. The molecule has 0 amide bonds. The SMILES string of the molecule is CCCCCCCCCCCCCCCCCCCCCCCCc1ccc(O)c(N)c1. The molecule has 0 fully saturated rings. The zero-order valence-corrected chi connectivity index (χ0v) is 21.5. The van der Waals surface area contributed by atoms with Gasteiger partial charge >= 0.3 is 0 Å². The minimum atomic E-state index is 0.197. The summed E-state index contributed by atoms with van der Waals surface area (Å²) in [5, 5.41) is 9.47. The third kappa shape index (κ3) is 17.4. The number of nitrogen functional groups attached to an aromatic ring is 1. The Kier molecular flexibility index (Phi) is 19.5. The van der Waals surface area contributed by atoms with E-state index < -0.39 is 0 Å². The fraction of sp³-hybridized carbons (Fsp3) is 0.800. The average Bonchev–Trinajstić information content (AvgIpc) is 2.79. The van der Waals surface area contributed by atoms with Gasteiger partial charge in [0.25, 0.3) is 0 Å². The molecule has 1 aromatic rings. The molecule has 0 heterocycles. The van der Waals surface area contributed by atoms with E-state index >= 15 is 0 Å². The van der Waals surface area contributed by atoms with Crippen LogP contribution in [0.4, 0.5) is 5.69 Å². The lowest BCUT2D eigenvalue weighted by Crippen LogP contribution is -1.91. The van der Waals surface area contributed by atoms with Gasteiger partial charge in [0, 0.05) is 0 Å². The Hall–Kier alpha value is -1.18. The zero-order valence-electron chi connectivity index (χ0n) is 21.5. The average molecular weight is 446 g/mol. The molecule has 0 atom stereocenters. The summed E-state index contributed by atoms with van der Waals surface area (Å²) in [6, 6.07) is 5.61. The van der Waals surface area contributed by atoms with E-state index in [2.05, 4.69) is 6.92 Å². The van der Waals surface area contributed by atoms with Gasteiger partial charge in [-0.1, -0.05) is 148 Å². The maximum absolute atomic E-state index is 9.47. The van der Waals surface area contributed by atoms with Crippen LogP contribution in [0.2, 0.25) is 0 Å². The highest BCUT2D eigenvalue weighted by Crippen LogP contribution is 2.22. The fourth-order valence-corrected chi connectivity index (χ4v) is 4.70. The van der Waals surface area contributed by atoms with E-state index in [9.17, 15) is 5.11 Å². The minimum Gasteiger partial charge on any atom is -0.506 e. The monoisotopic (exact) mass is 445 g/mol. The van der Waals surface area contributed by atoms with Crippen LogP contribution in [0.15, 0.2) is 18.2 Å². The largest absolute Gasteiger partial charge is 0.506 e. The second-order valence-electron chi connectivity index (χ2n) is 10.1. The third-order valence-corrected chi connectivity index (χ3v) is 6.91. The van der Waals surface area contributed by atoms with E-state index in [1.54, 1.807) is 6.07 Å². The van der Waals surface area contributed by atoms with Crippen molar-refractivity contribution in [2.75, 3.05) is 5.73 Å². The van der Waals surface area contributed by atoms with Crippen molar-refractivity contribution in [2.45, 2.75) is 155 Å². The van der Waals surface area contributed by atoms with Gasteiger partial charge in [0.15, 0.2) is 0 Å². The molecule has 1 aromatic carbocycles. The van der Waals surface area contributed by atoms with Gasteiger partial charge in [-0.05, 0) is 30.5 Å². The van der Waals surface area contributed by atoms with Crippen molar-refractivity contribution in [1.29, 1.82) is 0 Å². The molecule has 2 nitrogen and oxygen atoms in total. The Labute approximate surface area is 200 Å². The minimum absolute atomic E-state index is 0.197. The molecule has 0 aromatic heterocycles. The number of rotatable bonds is 23. The van der Waals surface area contributed by atoms with Gasteiger partial charge < -0.3 is 10.8 Å². The highest BCUT2D eigenvalue weighted by molar-refractivity contribution is 5.53. The number of unbranched alkanes of at least 4 members (excludes halogenated alkanes) is 21. The molecule has 0 aliphatic heterocycles. The van der Waals surface area contributed by atoms with Crippen molar-refractivity contribution in [3.05, 3.63) is 23.8 Å². The molecular weight excluding hydrogens is 390 g/mol. The van der Waals surface area contributed by atoms with Crippen molar-refractivity contribution in [3.8, 4) is 5.75 Å². The molecule has 0 bridgehead atoms.